The highest BCUT2D eigenvalue weighted by molar-refractivity contribution is 6.03. The van der Waals surface area contributed by atoms with Crippen LogP contribution < -0.4 is 21.5 Å². The minimum atomic E-state index is -0.801. The van der Waals surface area contributed by atoms with Crippen molar-refractivity contribution in [2.45, 2.75) is 26.3 Å². The summed E-state index contributed by atoms with van der Waals surface area (Å²) < 4.78 is 0. The molecule has 4 rings (SSSR count). The Hall–Kier alpha value is -3.96. The topological polar surface area (TPSA) is 108 Å². The lowest BCUT2D eigenvalue weighted by Gasteiger charge is -2.22. The number of amides is 2. The second-order valence-electron chi connectivity index (χ2n) is 8.25. The number of rotatable bonds is 4. The van der Waals surface area contributed by atoms with E-state index in [0.717, 1.165) is 27.7 Å². The molecule has 2 amide bonds. The van der Waals surface area contributed by atoms with E-state index < -0.39 is 11.5 Å². The molecule has 2 heterocycles. The van der Waals surface area contributed by atoms with E-state index in [0.29, 0.717) is 5.95 Å². The second kappa shape index (κ2) is 8.65. The number of hydrogen-bond donors (Lipinski definition) is 4. The molecule has 0 bridgehead atoms. The monoisotopic (exact) mass is 428 g/mol. The Morgan fingerprint density at radius 3 is 2.81 bits per heavy atom. The molecule has 32 heavy (non-hydrogen) atoms. The predicted octanol–water partition coefficient (Wildman–Crippen LogP) is 2.18. The van der Waals surface area contributed by atoms with E-state index in [-0.39, 0.29) is 18.4 Å². The third kappa shape index (κ3) is 4.68. The van der Waals surface area contributed by atoms with Crippen molar-refractivity contribution in [1.29, 1.82) is 0 Å². The molecule has 1 unspecified atom stereocenters. The molecule has 8 nitrogen and oxygen atoms in total. The largest absolute Gasteiger partial charge is 0.344 e. The average molecular weight is 428 g/mol. The molecule has 1 aromatic heterocycles. The average Bonchev–Trinajstić information content (AvgIpc) is 3.03. The van der Waals surface area contributed by atoms with Gasteiger partial charge in [0.05, 0.1) is 17.6 Å². The van der Waals surface area contributed by atoms with Gasteiger partial charge in [-0.3, -0.25) is 15.0 Å². The van der Waals surface area contributed by atoms with Crippen molar-refractivity contribution in [2.24, 2.45) is 5.92 Å². The summed E-state index contributed by atoms with van der Waals surface area (Å²) in [7, 11) is 0. The number of nitrogens with zero attached hydrogens (tertiary/aromatic N) is 2. The molecule has 1 atom stereocenters. The first-order valence-corrected chi connectivity index (χ1v) is 10.3. The van der Waals surface area contributed by atoms with Crippen LogP contribution in [0.3, 0.4) is 0 Å². The Morgan fingerprint density at radius 2 is 2.06 bits per heavy atom. The molecule has 1 saturated heterocycles. The standard InChI is InChI=1S/C24H24N6O2/c1-15-6-4-8-18(12-15)27-23-26-14-17-13-16(9-10-19(17)28-23)7-5-11-25-21(31)20-22(32)29-30-24(20,2)3/h4,6,8-10,12-14,20,30H,11H2,1-3H3,(H,25,31)(H,29,32)(H,26,27,28). The van der Waals surface area contributed by atoms with Gasteiger partial charge in [0.2, 0.25) is 17.8 Å². The third-order valence-corrected chi connectivity index (χ3v) is 5.19. The van der Waals surface area contributed by atoms with Gasteiger partial charge in [-0.05, 0) is 56.7 Å². The molecule has 1 aliphatic heterocycles. The molecule has 0 saturated carbocycles. The Balaban J connectivity index is 1.40. The molecule has 0 radical (unpaired) electrons. The van der Waals surface area contributed by atoms with E-state index in [1.807, 2.05) is 49.4 Å². The number of aryl methyl sites for hydroxylation is 1. The summed E-state index contributed by atoms with van der Waals surface area (Å²) in [5.41, 5.74) is 8.33. The Bertz CT molecular complexity index is 1260. The summed E-state index contributed by atoms with van der Waals surface area (Å²) in [5, 5.41) is 6.79. The minimum Gasteiger partial charge on any atom is -0.344 e. The molecule has 1 fully saturated rings. The van der Waals surface area contributed by atoms with Crippen LogP contribution in [0.4, 0.5) is 11.6 Å². The summed E-state index contributed by atoms with van der Waals surface area (Å²) >= 11 is 0. The first-order valence-electron chi connectivity index (χ1n) is 10.3. The fourth-order valence-electron chi connectivity index (χ4n) is 3.54. The van der Waals surface area contributed by atoms with Gasteiger partial charge < -0.3 is 10.6 Å². The number of hydrazine groups is 1. The van der Waals surface area contributed by atoms with Crippen molar-refractivity contribution in [2.75, 3.05) is 11.9 Å². The molecule has 8 heteroatoms. The van der Waals surface area contributed by atoms with Crippen LogP contribution in [0.15, 0.2) is 48.7 Å². The van der Waals surface area contributed by atoms with E-state index in [9.17, 15) is 9.59 Å². The highest BCUT2D eigenvalue weighted by Gasteiger charge is 2.45. The minimum absolute atomic E-state index is 0.145. The molecule has 4 N–H and O–H groups in total. The number of carbonyl (C=O) groups excluding carboxylic acids is 2. The van der Waals surface area contributed by atoms with Crippen LogP contribution in [0.2, 0.25) is 0 Å². The van der Waals surface area contributed by atoms with Crippen LogP contribution in [0, 0.1) is 24.7 Å². The van der Waals surface area contributed by atoms with Crippen LogP contribution >= 0.6 is 0 Å². The lowest BCUT2D eigenvalue weighted by Crippen LogP contribution is -2.47. The second-order valence-corrected chi connectivity index (χ2v) is 8.25. The summed E-state index contributed by atoms with van der Waals surface area (Å²) in [5.74, 6) is 4.98. The molecular weight excluding hydrogens is 404 g/mol. The zero-order valence-corrected chi connectivity index (χ0v) is 18.1. The molecule has 2 aromatic carbocycles. The zero-order chi connectivity index (χ0) is 22.7. The fourth-order valence-corrected chi connectivity index (χ4v) is 3.54. The van der Waals surface area contributed by atoms with Crippen molar-refractivity contribution in [3.05, 3.63) is 59.8 Å². The quantitative estimate of drug-likeness (QED) is 0.375. The van der Waals surface area contributed by atoms with Crippen LogP contribution in [0.5, 0.6) is 0 Å². The van der Waals surface area contributed by atoms with Gasteiger partial charge in [-0.1, -0.05) is 24.0 Å². The number of nitrogens with one attached hydrogen (secondary N) is 4. The van der Waals surface area contributed by atoms with Crippen molar-refractivity contribution >= 4 is 34.4 Å². The number of hydrogen-bond acceptors (Lipinski definition) is 6. The zero-order valence-electron chi connectivity index (χ0n) is 18.1. The van der Waals surface area contributed by atoms with Gasteiger partial charge in [0, 0.05) is 22.8 Å². The predicted molar refractivity (Wildman–Crippen MR) is 123 cm³/mol. The van der Waals surface area contributed by atoms with Gasteiger partial charge in [-0.15, -0.1) is 0 Å². The molecule has 0 aliphatic carbocycles. The van der Waals surface area contributed by atoms with Gasteiger partial charge in [0.25, 0.3) is 0 Å². The van der Waals surface area contributed by atoms with Crippen molar-refractivity contribution in [3.8, 4) is 11.8 Å². The van der Waals surface area contributed by atoms with Gasteiger partial charge >= 0.3 is 0 Å². The highest BCUT2D eigenvalue weighted by atomic mass is 16.2. The van der Waals surface area contributed by atoms with Crippen molar-refractivity contribution < 1.29 is 9.59 Å². The first-order chi connectivity index (χ1) is 15.3. The number of carbonyl (C=O) groups is 2. The lowest BCUT2D eigenvalue weighted by atomic mass is 9.88. The molecular formula is C24H24N6O2. The molecule has 162 valence electrons. The van der Waals surface area contributed by atoms with Crippen LogP contribution in [0.25, 0.3) is 10.9 Å². The summed E-state index contributed by atoms with van der Waals surface area (Å²) in [4.78, 5) is 33.1. The van der Waals surface area contributed by atoms with Crippen molar-refractivity contribution in [3.63, 3.8) is 0 Å². The van der Waals surface area contributed by atoms with Crippen molar-refractivity contribution in [1.82, 2.24) is 26.1 Å². The summed E-state index contributed by atoms with van der Waals surface area (Å²) in [6, 6.07) is 13.7. The van der Waals surface area contributed by atoms with Crippen LogP contribution in [-0.2, 0) is 9.59 Å². The van der Waals surface area contributed by atoms with Crippen LogP contribution in [0.1, 0.15) is 25.0 Å². The van der Waals surface area contributed by atoms with E-state index in [1.165, 1.54) is 0 Å². The highest BCUT2D eigenvalue weighted by Crippen LogP contribution is 2.21. The van der Waals surface area contributed by atoms with Gasteiger partial charge in [-0.25, -0.2) is 15.4 Å². The number of fused-ring (bicyclic) bond motifs is 1. The molecule has 1 aliphatic rings. The van der Waals surface area contributed by atoms with Gasteiger partial charge in [0.1, 0.15) is 5.92 Å². The normalized spacial score (nSPS) is 16.7. The number of benzene rings is 2. The lowest BCUT2D eigenvalue weighted by molar-refractivity contribution is -0.134. The molecule has 0 spiro atoms. The third-order valence-electron chi connectivity index (χ3n) is 5.19. The van der Waals surface area contributed by atoms with E-state index in [2.05, 4.69) is 43.3 Å². The Labute approximate surface area is 186 Å². The Morgan fingerprint density at radius 1 is 1.22 bits per heavy atom. The Kier molecular flexibility index (Phi) is 5.75. The van der Waals surface area contributed by atoms with E-state index >= 15 is 0 Å². The van der Waals surface area contributed by atoms with Gasteiger partial charge in [-0.2, -0.15) is 0 Å². The summed E-state index contributed by atoms with van der Waals surface area (Å²) in [6.45, 7) is 5.76. The summed E-state index contributed by atoms with van der Waals surface area (Å²) in [6.07, 6.45) is 1.75. The number of aromatic nitrogens is 2. The maximum Gasteiger partial charge on any atom is 0.248 e. The molecule has 3 aromatic rings. The maximum atomic E-state index is 12.3. The van der Waals surface area contributed by atoms with E-state index in [4.69, 9.17) is 0 Å². The van der Waals surface area contributed by atoms with Crippen LogP contribution in [-0.4, -0.2) is 33.9 Å². The maximum absolute atomic E-state index is 12.3. The number of anilines is 2. The fraction of sp³-hybridized carbons (Fsp3) is 0.250. The SMILES string of the molecule is Cc1cccc(Nc2ncc3cc(C#CCNC(=O)C4C(=O)NNC4(C)C)ccc3n2)c1. The van der Waals surface area contributed by atoms with E-state index in [1.54, 1.807) is 20.0 Å². The van der Waals surface area contributed by atoms with Gasteiger partial charge in [0.15, 0.2) is 0 Å². The smallest absolute Gasteiger partial charge is 0.248 e. The first kappa shape index (κ1) is 21.3.